The van der Waals surface area contributed by atoms with E-state index in [1.54, 1.807) is 0 Å². The van der Waals surface area contributed by atoms with Crippen molar-refractivity contribution in [2.45, 2.75) is 6.42 Å². The molecule has 2 amide bonds. The summed E-state index contributed by atoms with van der Waals surface area (Å²) in [6.07, 6.45) is -0.385. The van der Waals surface area contributed by atoms with Crippen molar-refractivity contribution in [2.24, 2.45) is 0 Å². The number of amides is 2. The van der Waals surface area contributed by atoms with Gasteiger partial charge in [-0.05, 0) is 54.4 Å². The first-order valence-corrected chi connectivity index (χ1v) is 11.7. The molecule has 0 atom stereocenters. The van der Waals surface area contributed by atoms with Gasteiger partial charge in [0.25, 0.3) is 5.91 Å². The number of hydrogen-bond donors (Lipinski definition) is 1. The van der Waals surface area contributed by atoms with Crippen LogP contribution in [0.15, 0.2) is 72.7 Å². The van der Waals surface area contributed by atoms with Gasteiger partial charge in [-0.25, -0.2) is 4.79 Å². The Hall–Kier alpha value is -4.27. The van der Waals surface area contributed by atoms with E-state index in [1.807, 2.05) is 0 Å². The number of hydrogen-bond acceptors (Lipinski definition) is 6. The van der Waals surface area contributed by atoms with Gasteiger partial charge >= 0.3 is 5.97 Å². The molecule has 0 saturated carbocycles. The number of rotatable bonds is 7. The van der Waals surface area contributed by atoms with Crippen molar-refractivity contribution in [3.8, 4) is 0 Å². The molecule has 2 heterocycles. The Kier molecular flexibility index (Phi) is 3.83. The summed E-state index contributed by atoms with van der Waals surface area (Å²) in [6.45, 7) is -22.2. The molecule has 8 nitrogen and oxygen atoms in total. The van der Waals surface area contributed by atoms with Crippen molar-refractivity contribution in [3.05, 3.63) is 94.9 Å². The van der Waals surface area contributed by atoms with Crippen LogP contribution in [0.25, 0.3) is 11.1 Å². The average molecular weight is 557 g/mol. The van der Waals surface area contributed by atoms with Gasteiger partial charge in [0, 0.05) is 65.0 Å². The van der Waals surface area contributed by atoms with Gasteiger partial charge in [0.05, 0.1) is 34.3 Å². The summed E-state index contributed by atoms with van der Waals surface area (Å²) >= 11 is 0. The van der Waals surface area contributed by atoms with Crippen LogP contribution in [-0.2, 0) is 20.7 Å². The summed E-state index contributed by atoms with van der Waals surface area (Å²) in [5.41, 5.74) is -0.609. The first-order valence-electron chi connectivity index (χ1n) is 20.7. The molecule has 0 spiro atoms. The number of anilines is 2. The van der Waals surface area contributed by atoms with Crippen LogP contribution in [0.1, 0.15) is 51.7 Å². The summed E-state index contributed by atoms with van der Waals surface area (Å²) in [6, 6.07) is 4.95. The van der Waals surface area contributed by atoms with Gasteiger partial charge in [-0.3, -0.25) is 14.5 Å². The third kappa shape index (κ3) is 5.83. The minimum absolute atomic E-state index is 0.0674. The number of esters is 1. The normalized spacial score (nSPS) is 29.0. The third-order valence-electron chi connectivity index (χ3n) is 5.93. The van der Waals surface area contributed by atoms with E-state index >= 15 is 0 Å². The predicted octanol–water partition coefficient (Wildman–Crippen LogP) is 3.79. The fraction of sp³-hybridized carbons (Fsp3) is 0.281. The molecule has 1 saturated heterocycles. The minimum atomic E-state index is -4.07. The molecule has 3 aromatic rings. The molecule has 0 unspecified atom stereocenters. The number of ether oxygens (including phenoxy) is 1. The van der Waals surface area contributed by atoms with Crippen LogP contribution in [0.4, 0.5) is 11.4 Å². The number of nitrogens with one attached hydrogen (secondary N) is 1. The largest absolute Gasteiger partial charge is 0.465 e. The molecule has 3 aromatic carbocycles. The number of likely N-dealkylation sites (N-methyl/N-ethyl adjacent to an activating group) is 2. The Balaban J connectivity index is 1.64. The summed E-state index contributed by atoms with van der Waals surface area (Å²) in [4.78, 5) is 39.2. The molecular formula is C32H34N4O4. The van der Waals surface area contributed by atoms with E-state index in [1.165, 1.54) is 30.3 Å². The van der Waals surface area contributed by atoms with Crippen LogP contribution >= 0.6 is 0 Å². The lowest BCUT2D eigenvalue weighted by Gasteiger charge is -2.32. The van der Waals surface area contributed by atoms with Gasteiger partial charge in [0.15, 0.2) is 0 Å². The highest BCUT2D eigenvalue weighted by Crippen LogP contribution is 2.39. The second-order valence-corrected chi connectivity index (χ2v) is 8.50. The molecule has 8 heteroatoms. The van der Waals surface area contributed by atoms with Crippen LogP contribution in [0.5, 0.6) is 0 Å². The Morgan fingerprint density at radius 3 is 2.48 bits per heavy atom. The van der Waals surface area contributed by atoms with Gasteiger partial charge in [-0.2, -0.15) is 0 Å². The van der Waals surface area contributed by atoms with E-state index < -0.39 is 98.0 Å². The number of piperazine rings is 1. The fourth-order valence-corrected chi connectivity index (χ4v) is 4.01. The Labute approximate surface area is 260 Å². The van der Waals surface area contributed by atoms with E-state index in [2.05, 4.69) is 5.32 Å². The Morgan fingerprint density at radius 2 is 1.80 bits per heavy atom. The molecule has 0 aromatic heterocycles. The minimum Gasteiger partial charge on any atom is -0.465 e. The maximum Gasteiger partial charge on any atom is 0.337 e. The predicted molar refractivity (Wildman–Crippen MR) is 157 cm³/mol. The van der Waals surface area contributed by atoms with Crippen LogP contribution in [0.2, 0.25) is 0 Å². The van der Waals surface area contributed by atoms with Gasteiger partial charge in [0.1, 0.15) is 0 Å². The van der Waals surface area contributed by atoms with Crippen LogP contribution in [0, 0.1) is 0 Å². The van der Waals surface area contributed by atoms with Crippen molar-refractivity contribution >= 4 is 40.3 Å². The van der Waals surface area contributed by atoms with Crippen molar-refractivity contribution in [1.29, 1.82) is 0 Å². The lowest BCUT2D eigenvalue weighted by atomic mass is 9.90. The number of nitrogens with zero attached hydrogens (tertiary/aromatic N) is 3. The van der Waals surface area contributed by atoms with Gasteiger partial charge < -0.3 is 19.9 Å². The van der Waals surface area contributed by atoms with Crippen LogP contribution < -0.4 is 10.2 Å². The first-order chi connectivity index (χ1) is 26.4. The smallest absolute Gasteiger partial charge is 0.337 e. The summed E-state index contributed by atoms with van der Waals surface area (Å²) in [5, 5.41) is 2.59. The topological polar surface area (TPSA) is 82.2 Å². The number of fused-ring (bicyclic) bond motifs is 1. The maximum absolute atomic E-state index is 14.0. The third-order valence-corrected chi connectivity index (χ3v) is 5.93. The van der Waals surface area contributed by atoms with Crippen molar-refractivity contribution in [1.82, 2.24) is 9.80 Å². The molecule has 0 radical (unpaired) electrons. The van der Waals surface area contributed by atoms with Crippen LogP contribution in [-0.4, -0.2) is 81.2 Å². The first kappa shape index (κ1) is 12.9. The zero-order chi connectivity index (χ0) is 44.0. The second kappa shape index (κ2) is 11.9. The average Bonchev–Trinajstić information content (AvgIpc) is 3.45. The van der Waals surface area contributed by atoms with Gasteiger partial charge in [0.2, 0.25) is 5.91 Å². The van der Waals surface area contributed by atoms with E-state index in [9.17, 15) is 14.4 Å². The van der Waals surface area contributed by atoms with Crippen LogP contribution in [0.3, 0.4) is 0 Å². The Bertz CT molecular complexity index is 2200. The number of methoxy groups -OCH3 is 1. The monoisotopic (exact) mass is 556 g/mol. The number of carbonyl (C=O) groups excluding carboxylic acids is 3. The summed E-state index contributed by atoms with van der Waals surface area (Å²) in [5.74, 6) is -3.60. The van der Waals surface area contributed by atoms with E-state index in [0.717, 1.165) is 26.3 Å². The SMILES string of the molecule is [2H]c1c([2H])c([2H])c(/C(Cc2ccc(N(C(=O)C([2H])([2H])N3C([2H])([2H])C([2H])([2H])N(C)C([2H])([2H])C3([2H])[2H])C([2H])([2H])[2H])cc2)=C2/C(=O)Nc3cc(C(=O)OC)ccc32)c([2H])c1[2H]. The summed E-state index contributed by atoms with van der Waals surface area (Å²) < 4.78 is 155. The van der Waals surface area contributed by atoms with Gasteiger partial charge in [-0.1, -0.05) is 48.4 Å². The molecule has 0 aliphatic carbocycles. The highest BCUT2D eigenvalue weighted by molar-refractivity contribution is 6.37. The highest BCUT2D eigenvalue weighted by Gasteiger charge is 2.29. The zero-order valence-electron chi connectivity index (χ0n) is 39.2. The van der Waals surface area contributed by atoms with E-state index in [-0.39, 0.29) is 55.3 Å². The quantitative estimate of drug-likeness (QED) is 0.352. The Morgan fingerprint density at radius 1 is 1.07 bits per heavy atom. The lowest BCUT2D eigenvalue weighted by molar-refractivity contribution is -0.119. The molecule has 40 heavy (non-hydrogen) atoms. The molecule has 0 bridgehead atoms. The van der Waals surface area contributed by atoms with E-state index in [4.69, 9.17) is 29.4 Å². The molecule has 1 N–H and O–H groups in total. The maximum atomic E-state index is 14.0. The number of allylic oxidation sites excluding steroid dienone is 1. The molecule has 5 rings (SSSR count). The molecule has 1 fully saturated rings. The number of carbonyl (C=O) groups is 3. The number of benzene rings is 3. The van der Waals surface area contributed by atoms with Gasteiger partial charge in [-0.15, -0.1) is 0 Å². The second-order valence-electron chi connectivity index (χ2n) is 8.50. The van der Waals surface area contributed by atoms with E-state index in [0.29, 0.717) is 0 Å². The molecule has 2 aliphatic rings. The van der Waals surface area contributed by atoms with Crippen molar-refractivity contribution in [3.63, 3.8) is 0 Å². The van der Waals surface area contributed by atoms with Crippen molar-refractivity contribution < 1.29 is 43.8 Å². The zero-order valence-corrected chi connectivity index (χ0v) is 21.2. The highest BCUT2D eigenvalue weighted by atomic mass is 16.5. The fourth-order valence-electron chi connectivity index (χ4n) is 4.01. The lowest BCUT2D eigenvalue weighted by Crippen LogP contribution is -2.48. The molecular weight excluding hydrogens is 504 g/mol. The summed E-state index contributed by atoms with van der Waals surface area (Å²) in [7, 11) is 1.87. The molecule has 2 aliphatic heterocycles. The standard InChI is InChI=1S/C32H34N4O4/c1-34-15-17-36(18-16-34)21-29(37)35(2)25-12-9-22(10-13-25)19-27(23-7-5-4-6-8-23)30-26-14-11-24(32(39)40-3)20-28(26)33-31(30)38/h4-14,20H,15-19,21H2,1-3H3,(H,33,38)/b30-27+/i2D3,4D,5D,6D,7D,8D,15D2,16D2,17D2,18D2,21D2. The molecule has 206 valence electrons. The van der Waals surface area contributed by atoms with Crippen molar-refractivity contribution in [2.75, 3.05) is 63.8 Å².